The monoisotopic (exact) mass is 462 g/mol. The minimum atomic E-state index is -4.06. The van der Waals surface area contributed by atoms with E-state index >= 15 is 0 Å². The van der Waals surface area contributed by atoms with Crippen LogP contribution in [0.3, 0.4) is 0 Å². The molecule has 0 radical (unpaired) electrons. The van der Waals surface area contributed by atoms with E-state index in [2.05, 4.69) is 0 Å². The average Bonchev–Trinajstić information content (AvgIpc) is 3.12. The van der Waals surface area contributed by atoms with Crippen molar-refractivity contribution in [2.75, 3.05) is 20.3 Å². The van der Waals surface area contributed by atoms with E-state index in [1.807, 2.05) is 53.8 Å². The van der Waals surface area contributed by atoms with Gasteiger partial charge in [-0.1, -0.05) is 48.5 Å². The highest BCUT2D eigenvalue weighted by molar-refractivity contribution is 5.89. The first-order valence-corrected chi connectivity index (χ1v) is 10.2. The van der Waals surface area contributed by atoms with E-state index in [-0.39, 0.29) is 12.5 Å². The Morgan fingerprint density at radius 1 is 1.06 bits per heavy atom. The van der Waals surface area contributed by atoms with E-state index in [1.54, 1.807) is 5.32 Å². The summed E-state index contributed by atoms with van der Waals surface area (Å²) in [6.07, 6.45) is -2.17. The van der Waals surface area contributed by atoms with E-state index in [9.17, 15) is 23.2 Å². The SMILES string of the molecule is CO[C@H](C)[C@H](NC(=O)C(F)(F)CNC(=O)OCC1c2ccccc2-c2ccccc21)C(=O)O. The molecule has 1 aliphatic carbocycles. The molecule has 2 aromatic carbocycles. The second-order valence-electron chi connectivity index (χ2n) is 7.61. The zero-order valence-electron chi connectivity index (χ0n) is 18.0. The van der Waals surface area contributed by atoms with Gasteiger partial charge in [-0.3, -0.25) is 4.79 Å². The maximum Gasteiger partial charge on any atom is 0.407 e. The Balaban J connectivity index is 1.57. The summed E-state index contributed by atoms with van der Waals surface area (Å²) in [7, 11) is 1.18. The summed E-state index contributed by atoms with van der Waals surface area (Å²) >= 11 is 0. The molecule has 0 aromatic heterocycles. The van der Waals surface area contributed by atoms with Gasteiger partial charge in [0.1, 0.15) is 6.61 Å². The zero-order valence-corrected chi connectivity index (χ0v) is 18.0. The first-order chi connectivity index (χ1) is 15.7. The summed E-state index contributed by atoms with van der Waals surface area (Å²) in [5.74, 6) is -7.69. The molecular weight excluding hydrogens is 438 g/mol. The van der Waals surface area contributed by atoms with Crippen LogP contribution < -0.4 is 10.6 Å². The number of carbonyl (C=O) groups is 3. The summed E-state index contributed by atoms with van der Waals surface area (Å²) in [5.41, 5.74) is 3.96. The molecule has 3 rings (SSSR count). The topological polar surface area (TPSA) is 114 Å². The molecule has 0 spiro atoms. The molecule has 176 valence electrons. The molecule has 0 aliphatic heterocycles. The maximum atomic E-state index is 14.2. The molecule has 10 heteroatoms. The smallest absolute Gasteiger partial charge is 0.407 e. The van der Waals surface area contributed by atoms with Crippen molar-refractivity contribution in [1.82, 2.24) is 10.6 Å². The third-order valence-corrected chi connectivity index (χ3v) is 5.52. The molecule has 0 saturated carbocycles. The van der Waals surface area contributed by atoms with Crippen molar-refractivity contribution in [3.63, 3.8) is 0 Å². The van der Waals surface area contributed by atoms with Crippen molar-refractivity contribution in [2.24, 2.45) is 0 Å². The van der Waals surface area contributed by atoms with Crippen LogP contribution >= 0.6 is 0 Å². The summed E-state index contributed by atoms with van der Waals surface area (Å²) in [6, 6.07) is 13.6. The number of amides is 2. The molecule has 1 aliphatic rings. The average molecular weight is 462 g/mol. The second kappa shape index (κ2) is 9.95. The third-order valence-electron chi connectivity index (χ3n) is 5.52. The number of alkyl halides is 2. The fourth-order valence-corrected chi connectivity index (χ4v) is 3.68. The lowest BCUT2D eigenvalue weighted by Gasteiger charge is -2.23. The first kappa shape index (κ1) is 24.1. The molecule has 3 N–H and O–H groups in total. The molecule has 0 saturated heterocycles. The summed E-state index contributed by atoms with van der Waals surface area (Å²) in [4.78, 5) is 35.1. The van der Waals surface area contributed by atoms with Crippen LogP contribution in [0.1, 0.15) is 24.0 Å². The summed E-state index contributed by atoms with van der Waals surface area (Å²) in [5, 5.41) is 12.7. The van der Waals surface area contributed by atoms with Gasteiger partial charge in [-0.15, -0.1) is 0 Å². The number of carboxylic acid groups (broad SMARTS) is 1. The highest BCUT2D eigenvalue weighted by atomic mass is 19.3. The van der Waals surface area contributed by atoms with Gasteiger partial charge in [-0.2, -0.15) is 8.78 Å². The summed E-state index contributed by atoms with van der Waals surface area (Å²) in [6.45, 7) is -0.126. The van der Waals surface area contributed by atoms with Crippen molar-refractivity contribution in [3.8, 4) is 11.1 Å². The maximum absolute atomic E-state index is 14.2. The van der Waals surface area contributed by atoms with Crippen molar-refractivity contribution >= 4 is 18.0 Å². The minimum absolute atomic E-state index is 0.0793. The number of rotatable bonds is 9. The number of ether oxygens (including phenoxy) is 2. The van der Waals surface area contributed by atoms with Crippen LogP contribution in [0, 0.1) is 0 Å². The molecule has 8 nitrogen and oxygen atoms in total. The van der Waals surface area contributed by atoms with Gasteiger partial charge in [-0.25, -0.2) is 9.59 Å². The van der Waals surface area contributed by atoms with Crippen LogP contribution in [0.25, 0.3) is 11.1 Å². The molecule has 2 atom stereocenters. The quantitative estimate of drug-likeness (QED) is 0.528. The third kappa shape index (κ3) is 5.28. The van der Waals surface area contributed by atoms with E-state index in [0.29, 0.717) is 0 Å². The largest absolute Gasteiger partial charge is 0.480 e. The highest BCUT2D eigenvalue weighted by Crippen LogP contribution is 2.44. The van der Waals surface area contributed by atoms with Crippen molar-refractivity contribution in [2.45, 2.75) is 30.9 Å². The Morgan fingerprint density at radius 3 is 2.12 bits per heavy atom. The van der Waals surface area contributed by atoms with Crippen LogP contribution in [-0.2, 0) is 19.1 Å². The number of hydrogen-bond donors (Lipinski definition) is 3. The fourth-order valence-electron chi connectivity index (χ4n) is 3.68. The van der Waals surface area contributed by atoms with Gasteiger partial charge in [0, 0.05) is 13.0 Å². The van der Waals surface area contributed by atoms with Crippen molar-refractivity contribution in [1.29, 1.82) is 0 Å². The normalized spacial score (nSPS) is 14.5. The van der Waals surface area contributed by atoms with Crippen LogP contribution in [0.15, 0.2) is 48.5 Å². The van der Waals surface area contributed by atoms with Crippen molar-refractivity contribution in [3.05, 3.63) is 59.7 Å². The standard InChI is InChI=1S/C23H24F2N2O6/c1-13(32-2)19(20(28)29)27-21(30)23(24,25)12-26-22(31)33-11-18-16-9-5-3-7-14(16)15-8-4-6-10-17(15)18/h3-10,13,18-19H,11-12H2,1-2H3,(H,26,31)(H,27,30)(H,28,29)/t13-,19+/m1/s1. The molecule has 2 aromatic rings. The Kier molecular flexibility index (Phi) is 7.27. The van der Waals surface area contributed by atoms with Gasteiger partial charge < -0.3 is 25.2 Å². The lowest BCUT2D eigenvalue weighted by Crippen LogP contribution is -2.56. The molecule has 2 amide bonds. The number of benzene rings is 2. The number of alkyl carbamates (subject to hydrolysis) is 1. The number of aliphatic carboxylic acids is 1. The second-order valence-corrected chi connectivity index (χ2v) is 7.61. The van der Waals surface area contributed by atoms with Crippen LogP contribution in [0.5, 0.6) is 0 Å². The Morgan fingerprint density at radius 2 is 1.61 bits per heavy atom. The summed E-state index contributed by atoms with van der Waals surface area (Å²) < 4.78 is 38.3. The molecule has 0 unspecified atom stereocenters. The number of carbonyl (C=O) groups excluding carboxylic acids is 2. The van der Waals surface area contributed by atoms with Gasteiger partial charge in [0.25, 0.3) is 5.91 Å². The molecule has 0 heterocycles. The molecule has 0 fully saturated rings. The fraction of sp³-hybridized carbons (Fsp3) is 0.348. The van der Waals surface area contributed by atoms with E-state index in [4.69, 9.17) is 14.6 Å². The Hall–Kier alpha value is -3.53. The number of hydrogen-bond acceptors (Lipinski definition) is 5. The first-order valence-electron chi connectivity index (χ1n) is 10.2. The Labute approximate surface area is 188 Å². The number of fused-ring (bicyclic) bond motifs is 3. The number of carboxylic acids is 1. The van der Waals surface area contributed by atoms with Crippen LogP contribution in [-0.4, -0.2) is 61.4 Å². The number of nitrogens with one attached hydrogen (secondary N) is 2. The predicted octanol–water partition coefficient (Wildman–Crippen LogP) is 2.76. The van der Waals surface area contributed by atoms with E-state index < -0.39 is 42.6 Å². The number of halogens is 2. The van der Waals surface area contributed by atoms with E-state index in [1.165, 1.54) is 14.0 Å². The molecular formula is C23H24F2N2O6. The van der Waals surface area contributed by atoms with Crippen molar-refractivity contribution < 1.29 is 37.7 Å². The highest BCUT2D eigenvalue weighted by Gasteiger charge is 2.42. The Bertz CT molecular complexity index is 1000. The van der Waals surface area contributed by atoms with E-state index in [0.717, 1.165) is 22.3 Å². The lowest BCUT2D eigenvalue weighted by atomic mass is 9.98. The van der Waals surface area contributed by atoms with Crippen LogP contribution in [0.4, 0.5) is 13.6 Å². The zero-order chi connectivity index (χ0) is 24.2. The van der Waals surface area contributed by atoms with Gasteiger partial charge in [-0.05, 0) is 29.2 Å². The molecule has 0 bridgehead atoms. The molecule has 33 heavy (non-hydrogen) atoms. The van der Waals surface area contributed by atoms with Crippen LogP contribution in [0.2, 0.25) is 0 Å². The number of methoxy groups -OCH3 is 1. The van der Waals surface area contributed by atoms with Gasteiger partial charge >= 0.3 is 18.0 Å². The van der Waals surface area contributed by atoms with Gasteiger partial charge in [0.05, 0.1) is 12.6 Å². The minimum Gasteiger partial charge on any atom is -0.480 e. The predicted molar refractivity (Wildman–Crippen MR) is 114 cm³/mol. The van der Waals surface area contributed by atoms with Gasteiger partial charge in [0.2, 0.25) is 0 Å². The van der Waals surface area contributed by atoms with Gasteiger partial charge in [0.15, 0.2) is 6.04 Å². The lowest BCUT2D eigenvalue weighted by molar-refractivity contribution is -0.153.